The van der Waals surface area contributed by atoms with Gasteiger partial charge in [0.1, 0.15) is 0 Å². The third-order valence-corrected chi connectivity index (χ3v) is 10.5. The molecule has 3 N–H and O–H groups in total. The number of fused-ring (bicyclic) bond motifs is 5. The minimum absolute atomic E-state index is 0.00549. The lowest BCUT2D eigenvalue weighted by molar-refractivity contribution is -0.131. The Balaban J connectivity index is 1.58. The molecule has 4 rings (SSSR count). The van der Waals surface area contributed by atoms with Gasteiger partial charge in [0.05, 0.1) is 18.3 Å². The van der Waals surface area contributed by atoms with Gasteiger partial charge in [0, 0.05) is 0 Å². The Morgan fingerprint density at radius 3 is 2.55 bits per heavy atom. The van der Waals surface area contributed by atoms with Gasteiger partial charge in [0.15, 0.2) is 0 Å². The summed E-state index contributed by atoms with van der Waals surface area (Å²) in [5, 5.41) is 33.1. The van der Waals surface area contributed by atoms with E-state index in [4.69, 9.17) is 0 Å². The second kappa shape index (κ2) is 8.29. The number of hydrogen-bond donors (Lipinski definition) is 3. The van der Waals surface area contributed by atoms with Crippen molar-refractivity contribution in [2.24, 2.45) is 46.3 Å². The molecule has 10 unspecified atom stereocenters. The normalized spacial score (nSPS) is 47.9. The molecular weight excluding hydrogens is 384 g/mol. The molecule has 0 bridgehead atoms. The molecule has 0 aromatic carbocycles. The van der Waals surface area contributed by atoms with E-state index in [1.165, 1.54) is 11.1 Å². The van der Waals surface area contributed by atoms with Gasteiger partial charge in [-0.2, -0.15) is 0 Å². The third-order valence-electron chi connectivity index (χ3n) is 10.5. The van der Waals surface area contributed by atoms with E-state index < -0.39 is 0 Å². The van der Waals surface area contributed by atoms with Crippen LogP contribution in [-0.4, -0.2) is 33.6 Å². The molecule has 0 aliphatic heterocycles. The zero-order chi connectivity index (χ0) is 22.7. The van der Waals surface area contributed by atoms with Crippen molar-refractivity contribution < 1.29 is 15.3 Å². The number of allylic oxidation sites excluding steroid dienone is 2. The van der Waals surface area contributed by atoms with Crippen molar-refractivity contribution in [2.75, 3.05) is 0 Å². The molecule has 3 heteroatoms. The summed E-state index contributed by atoms with van der Waals surface area (Å²) >= 11 is 0. The predicted octanol–water partition coefficient (Wildman–Crippen LogP) is 5.50. The van der Waals surface area contributed by atoms with Gasteiger partial charge in [-0.05, 0) is 97.7 Å². The highest BCUT2D eigenvalue weighted by Gasteiger charge is 2.64. The average molecular weight is 431 g/mol. The van der Waals surface area contributed by atoms with Crippen molar-refractivity contribution in [3.05, 3.63) is 23.8 Å². The van der Waals surface area contributed by atoms with Gasteiger partial charge in [0.25, 0.3) is 0 Å². The van der Waals surface area contributed by atoms with E-state index in [1.807, 2.05) is 0 Å². The molecule has 3 fully saturated rings. The second-order valence-corrected chi connectivity index (χ2v) is 12.5. The summed E-state index contributed by atoms with van der Waals surface area (Å²) in [7, 11) is 0. The molecule has 0 amide bonds. The lowest BCUT2D eigenvalue weighted by Gasteiger charge is -2.60. The van der Waals surface area contributed by atoms with E-state index in [-0.39, 0.29) is 41.0 Å². The molecule has 3 saturated carbocycles. The van der Waals surface area contributed by atoms with Crippen LogP contribution in [0.2, 0.25) is 0 Å². The molecular formula is C28H46O3. The SMILES string of the molecule is C=C(CCC(C)C1C(O)CC2C3CC=C4CC(O)CCC4(C)C3C(O)CC21C)C(C)C. The Bertz CT molecular complexity index is 726. The fourth-order valence-electron chi connectivity index (χ4n) is 8.74. The Morgan fingerprint density at radius 1 is 1.16 bits per heavy atom. The van der Waals surface area contributed by atoms with E-state index in [0.29, 0.717) is 23.7 Å². The smallest absolute Gasteiger partial charge is 0.0585 e. The first-order chi connectivity index (χ1) is 14.5. The molecule has 0 aromatic heterocycles. The van der Waals surface area contributed by atoms with Crippen molar-refractivity contribution in [1.29, 1.82) is 0 Å². The first-order valence-corrected chi connectivity index (χ1v) is 12.9. The largest absolute Gasteiger partial charge is 0.393 e. The zero-order valence-corrected chi connectivity index (χ0v) is 20.5. The molecule has 0 radical (unpaired) electrons. The summed E-state index contributed by atoms with van der Waals surface area (Å²) in [5.41, 5.74) is 2.69. The number of aliphatic hydroxyl groups is 3. The van der Waals surface area contributed by atoms with Gasteiger partial charge in [-0.25, -0.2) is 0 Å². The van der Waals surface area contributed by atoms with Crippen LogP contribution in [0.25, 0.3) is 0 Å². The molecule has 0 heterocycles. The van der Waals surface area contributed by atoms with E-state index in [2.05, 4.69) is 47.3 Å². The summed E-state index contributed by atoms with van der Waals surface area (Å²) in [6.07, 6.45) is 8.97. The quantitative estimate of drug-likeness (QED) is 0.505. The number of aliphatic hydroxyl groups excluding tert-OH is 3. The lowest BCUT2D eigenvalue weighted by Crippen LogP contribution is -2.56. The summed E-state index contributed by atoms with van der Waals surface area (Å²) in [6, 6.07) is 0. The van der Waals surface area contributed by atoms with Crippen LogP contribution in [0.4, 0.5) is 0 Å². The fraction of sp³-hybridized carbons (Fsp3) is 0.857. The van der Waals surface area contributed by atoms with Crippen LogP contribution in [0.15, 0.2) is 23.8 Å². The third kappa shape index (κ3) is 3.77. The van der Waals surface area contributed by atoms with E-state index >= 15 is 0 Å². The summed E-state index contributed by atoms with van der Waals surface area (Å²) in [6.45, 7) is 15.7. The van der Waals surface area contributed by atoms with Gasteiger partial charge < -0.3 is 15.3 Å². The number of hydrogen-bond acceptors (Lipinski definition) is 3. The molecule has 176 valence electrons. The van der Waals surface area contributed by atoms with Crippen LogP contribution in [0, 0.1) is 46.3 Å². The summed E-state index contributed by atoms with van der Waals surface area (Å²) in [5.74, 6) is 2.37. The van der Waals surface area contributed by atoms with Gasteiger partial charge in [-0.3, -0.25) is 0 Å². The maximum absolute atomic E-state index is 11.6. The standard InChI is InChI=1S/C28H46O3/c1-16(2)17(3)7-8-18(4)25-23(30)14-22-21-10-9-19-13-20(29)11-12-27(19,5)26(21)24(31)15-28(22,25)6/h9,16,18,20-26,29-31H,3,7-8,10-15H2,1-2,4-6H3. The van der Waals surface area contributed by atoms with Crippen LogP contribution >= 0.6 is 0 Å². The van der Waals surface area contributed by atoms with Crippen molar-refractivity contribution in [3.63, 3.8) is 0 Å². The van der Waals surface area contributed by atoms with E-state index in [9.17, 15) is 15.3 Å². The fourth-order valence-corrected chi connectivity index (χ4v) is 8.74. The van der Waals surface area contributed by atoms with Crippen LogP contribution in [0.1, 0.15) is 86.0 Å². The van der Waals surface area contributed by atoms with Gasteiger partial charge in [0.2, 0.25) is 0 Å². The Hall–Kier alpha value is -0.640. The van der Waals surface area contributed by atoms with Gasteiger partial charge in [-0.15, -0.1) is 0 Å². The average Bonchev–Trinajstić information content (AvgIpc) is 2.95. The Kier molecular flexibility index (Phi) is 6.29. The molecule has 0 spiro atoms. The topological polar surface area (TPSA) is 60.7 Å². The maximum Gasteiger partial charge on any atom is 0.0585 e. The molecule has 0 saturated heterocycles. The minimum atomic E-state index is -0.319. The first kappa shape index (κ1) is 23.5. The van der Waals surface area contributed by atoms with Gasteiger partial charge >= 0.3 is 0 Å². The van der Waals surface area contributed by atoms with E-state index in [1.54, 1.807) is 0 Å². The van der Waals surface area contributed by atoms with Crippen molar-refractivity contribution in [1.82, 2.24) is 0 Å². The van der Waals surface area contributed by atoms with E-state index in [0.717, 1.165) is 51.4 Å². The highest BCUT2D eigenvalue weighted by molar-refractivity contribution is 5.27. The second-order valence-electron chi connectivity index (χ2n) is 12.5. The predicted molar refractivity (Wildman–Crippen MR) is 126 cm³/mol. The van der Waals surface area contributed by atoms with Gasteiger partial charge in [-0.1, -0.05) is 58.4 Å². The Labute approximate surface area is 190 Å². The van der Waals surface area contributed by atoms with Crippen LogP contribution < -0.4 is 0 Å². The highest BCUT2D eigenvalue weighted by atomic mass is 16.3. The van der Waals surface area contributed by atoms with Crippen molar-refractivity contribution in [3.8, 4) is 0 Å². The van der Waals surface area contributed by atoms with Crippen LogP contribution in [0.3, 0.4) is 0 Å². The Morgan fingerprint density at radius 2 is 1.87 bits per heavy atom. The molecule has 4 aliphatic rings. The van der Waals surface area contributed by atoms with Crippen LogP contribution in [-0.2, 0) is 0 Å². The monoisotopic (exact) mass is 430 g/mol. The van der Waals surface area contributed by atoms with Crippen molar-refractivity contribution >= 4 is 0 Å². The molecule has 0 aromatic rings. The van der Waals surface area contributed by atoms with Crippen LogP contribution in [0.5, 0.6) is 0 Å². The summed E-state index contributed by atoms with van der Waals surface area (Å²) in [4.78, 5) is 0. The molecule has 3 nitrogen and oxygen atoms in total. The van der Waals surface area contributed by atoms with Crippen molar-refractivity contribution in [2.45, 2.75) is 104 Å². The zero-order valence-electron chi connectivity index (χ0n) is 20.5. The highest BCUT2D eigenvalue weighted by Crippen LogP contribution is 2.67. The molecule has 4 aliphatic carbocycles. The minimum Gasteiger partial charge on any atom is -0.393 e. The first-order valence-electron chi connectivity index (χ1n) is 12.9. The molecule has 10 atom stereocenters. The lowest BCUT2D eigenvalue weighted by atomic mass is 9.46. The number of rotatable bonds is 5. The maximum atomic E-state index is 11.6. The molecule has 31 heavy (non-hydrogen) atoms. The summed E-state index contributed by atoms with van der Waals surface area (Å²) < 4.78 is 0.